The van der Waals surface area contributed by atoms with E-state index in [2.05, 4.69) is 10.3 Å². The van der Waals surface area contributed by atoms with E-state index in [1.165, 1.54) is 0 Å². The number of carboxylic acids is 1. The number of nitrogens with one attached hydrogen (secondary N) is 1. The van der Waals surface area contributed by atoms with Crippen LogP contribution in [-0.4, -0.2) is 22.0 Å². The molecule has 0 atom stereocenters. The van der Waals surface area contributed by atoms with Gasteiger partial charge >= 0.3 is 5.97 Å². The van der Waals surface area contributed by atoms with Crippen LogP contribution >= 0.6 is 11.3 Å². The Bertz CT molecular complexity index is 938. The molecule has 6 nitrogen and oxygen atoms in total. The molecule has 1 aliphatic rings. The van der Waals surface area contributed by atoms with Crippen LogP contribution in [0.15, 0.2) is 40.8 Å². The molecular formula is C19H18N2O4S. The Hall–Kier alpha value is -2.67. The van der Waals surface area contributed by atoms with Gasteiger partial charge in [0.1, 0.15) is 5.76 Å². The van der Waals surface area contributed by atoms with Crippen molar-refractivity contribution in [1.82, 2.24) is 10.3 Å². The lowest BCUT2D eigenvalue weighted by molar-refractivity contribution is -0.157. The topological polar surface area (TPSA) is 92.4 Å². The highest BCUT2D eigenvalue weighted by molar-refractivity contribution is 7.21. The van der Waals surface area contributed by atoms with Crippen LogP contribution < -0.4 is 5.32 Å². The summed E-state index contributed by atoms with van der Waals surface area (Å²) in [7, 11) is 0. The van der Waals surface area contributed by atoms with Crippen molar-refractivity contribution in [2.45, 2.75) is 32.2 Å². The first-order valence-corrected chi connectivity index (χ1v) is 9.32. The largest absolute Gasteiger partial charge is 0.481 e. The zero-order chi connectivity index (χ0) is 18.1. The van der Waals surface area contributed by atoms with Gasteiger partial charge in [-0.15, -0.1) is 11.3 Å². The van der Waals surface area contributed by atoms with Gasteiger partial charge in [0.25, 0.3) is 0 Å². The molecule has 134 valence electrons. The molecule has 4 rings (SSSR count). The highest BCUT2D eigenvalue weighted by Gasteiger charge is 2.45. The Labute approximate surface area is 153 Å². The molecule has 2 N–H and O–H groups in total. The second kappa shape index (κ2) is 6.57. The Morgan fingerprint density at radius 2 is 2.04 bits per heavy atom. The number of nitrogens with zero attached hydrogens (tertiary/aromatic N) is 1. The number of carboxylic acid groups (broad SMARTS) is 1. The maximum Gasteiger partial charge on any atom is 0.310 e. The van der Waals surface area contributed by atoms with Gasteiger partial charge in [-0.05, 0) is 37.1 Å². The molecule has 3 aromatic rings. The smallest absolute Gasteiger partial charge is 0.310 e. The molecule has 1 amide bonds. The van der Waals surface area contributed by atoms with E-state index in [-0.39, 0.29) is 18.9 Å². The van der Waals surface area contributed by atoms with Gasteiger partial charge in [0.05, 0.1) is 22.2 Å². The highest BCUT2D eigenvalue weighted by Crippen LogP contribution is 2.44. The first-order valence-electron chi connectivity index (χ1n) is 8.50. The molecule has 0 aliphatic heterocycles. The third kappa shape index (κ3) is 3.10. The number of hydrogen-bond donors (Lipinski definition) is 2. The predicted molar refractivity (Wildman–Crippen MR) is 97.7 cm³/mol. The van der Waals surface area contributed by atoms with Crippen LogP contribution in [0.1, 0.15) is 31.4 Å². The summed E-state index contributed by atoms with van der Waals surface area (Å²) >= 11 is 1.55. The van der Waals surface area contributed by atoms with Crippen LogP contribution in [0.5, 0.6) is 0 Å². The quantitative estimate of drug-likeness (QED) is 0.688. The summed E-state index contributed by atoms with van der Waals surface area (Å²) in [6.07, 6.45) is 2.02. The maximum atomic E-state index is 12.1. The second-order valence-corrected chi connectivity index (χ2v) is 7.68. The second-order valence-electron chi connectivity index (χ2n) is 6.65. The number of aromatic nitrogens is 1. The van der Waals surface area contributed by atoms with Crippen LogP contribution in [0.25, 0.3) is 21.0 Å². The van der Waals surface area contributed by atoms with Crippen molar-refractivity contribution in [1.29, 1.82) is 0 Å². The number of para-hydroxylation sites is 1. The van der Waals surface area contributed by atoms with Gasteiger partial charge in [-0.25, -0.2) is 4.98 Å². The zero-order valence-corrected chi connectivity index (χ0v) is 14.8. The molecule has 2 aromatic heterocycles. The number of rotatable bonds is 6. The minimum Gasteiger partial charge on any atom is -0.481 e. The van der Waals surface area contributed by atoms with Gasteiger partial charge in [-0.3, -0.25) is 9.59 Å². The molecule has 0 saturated heterocycles. The summed E-state index contributed by atoms with van der Waals surface area (Å²) in [6.45, 7) is 0.236. The van der Waals surface area contributed by atoms with Crippen molar-refractivity contribution < 1.29 is 19.1 Å². The van der Waals surface area contributed by atoms with Gasteiger partial charge in [-0.2, -0.15) is 0 Å². The molecule has 7 heteroatoms. The predicted octanol–water partition coefficient (Wildman–Crippen LogP) is 3.82. The van der Waals surface area contributed by atoms with E-state index in [1.807, 2.05) is 30.3 Å². The fraction of sp³-hybridized carbons (Fsp3) is 0.316. The standard InChI is InChI=1S/C19H18N2O4S/c22-16(10-19(18(23)24)8-3-9-19)20-11-12-6-7-14(25-12)17-21-13-4-1-2-5-15(13)26-17/h1-2,4-7H,3,8-11H2,(H,20,22)(H,23,24). The van der Waals surface area contributed by atoms with Gasteiger partial charge in [0.15, 0.2) is 10.8 Å². The van der Waals surface area contributed by atoms with Crippen LogP contribution in [0.4, 0.5) is 0 Å². The van der Waals surface area contributed by atoms with Crippen molar-refractivity contribution in [3.63, 3.8) is 0 Å². The molecule has 2 heterocycles. The molecule has 0 radical (unpaired) electrons. The first kappa shape index (κ1) is 16.8. The van der Waals surface area contributed by atoms with E-state index in [9.17, 15) is 14.7 Å². The number of benzene rings is 1. The molecular weight excluding hydrogens is 352 g/mol. The Morgan fingerprint density at radius 3 is 2.73 bits per heavy atom. The van der Waals surface area contributed by atoms with Crippen molar-refractivity contribution >= 4 is 33.4 Å². The van der Waals surface area contributed by atoms with Crippen LogP contribution in [0.3, 0.4) is 0 Å². The first-order chi connectivity index (χ1) is 12.6. The molecule has 0 spiro atoms. The summed E-state index contributed by atoms with van der Waals surface area (Å²) in [4.78, 5) is 28.0. The van der Waals surface area contributed by atoms with Crippen molar-refractivity contribution in [2.75, 3.05) is 0 Å². The fourth-order valence-electron chi connectivity index (χ4n) is 3.19. The lowest BCUT2D eigenvalue weighted by Gasteiger charge is -2.36. The number of carbonyl (C=O) groups excluding carboxylic acids is 1. The maximum absolute atomic E-state index is 12.1. The molecule has 1 aromatic carbocycles. The van der Waals surface area contributed by atoms with E-state index in [1.54, 1.807) is 17.4 Å². The SMILES string of the molecule is O=C(CC1(C(=O)O)CCC1)NCc1ccc(-c2nc3ccccc3s2)o1. The van der Waals surface area contributed by atoms with Crippen LogP contribution in [0.2, 0.25) is 0 Å². The average Bonchev–Trinajstić information content (AvgIpc) is 3.22. The fourth-order valence-corrected chi connectivity index (χ4v) is 4.12. The number of fused-ring (bicyclic) bond motifs is 1. The van der Waals surface area contributed by atoms with Crippen molar-refractivity contribution in [3.05, 3.63) is 42.2 Å². The van der Waals surface area contributed by atoms with Gasteiger partial charge in [-0.1, -0.05) is 18.6 Å². The van der Waals surface area contributed by atoms with Gasteiger partial charge in [0, 0.05) is 6.42 Å². The van der Waals surface area contributed by atoms with Crippen LogP contribution in [0, 0.1) is 5.41 Å². The molecule has 1 saturated carbocycles. The normalized spacial score (nSPS) is 15.5. The summed E-state index contributed by atoms with van der Waals surface area (Å²) in [5.41, 5.74) is 0.0533. The minimum absolute atomic E-state index is 0.0216. The van der Waals surface area contributed by atoms with Crippen molar-refractivity contribution in [2.24, 2.45) is 5.41 Å². The Balaban J connectivity index is 1.39. The molecule has 1 fully saturated rings. The lowest BCUT2D eigenvalue weighted by Crippen LogP contribution is -2.42. The minimum atomic E-state index is -0.880. The van der Waals surface area contributed by atoms with E-state index in [4.69, 9.17) is 4.42 Å². The van der Waals surface area contributed by atoms with E-state index < -0.39 is 11.4 Å². The summed E-state index contributed by atoms with van der Waals surface area (Å²) in [5, 5.41) is 12.9. The van der Waals surface area contributed by atoms with E-state index in [0.29, 0.717) is 24.4 Å². The molecule has 26 heavy (non-hydrogen) atoms. The van der Waals surface area contributed by atoms with Gasteiger partial charge in [0.2, 0.25) is 5.91 Å². The Morgan fingerprint density at radius 1 is 1.23 bits per heavy atom. The summed E-state index contributed by atoms with van der Waals surface area (Å²) in [6, 6.07) is 11.5. The monoisotopic (exact) mass is 370 g/mol. The van der Waals surface area contributed by atoms with Crippen molar-refractivity contribution in [3.8, 4) is 10.8 Å². The number of aliphatic carboxylic acids is 1. The number of thiazole rings is 1. The lowest BCUT2D eigenvalue weighted by atomic mass is 9.66. The van der Waals surface area contributed by atoms with E-state index in [0.717, 1.165) is 21.6 Å². The van der Waals surface area contributed by atoms with Gasteiger partial charge < -0.3 is 14.8 Å². The van der Waals surface area contributed by atoms with E-state index >= 15 is 0 Å². The molecule has 1 aliphatic carbocycles. The third-order valence-electron chi connectivity index (χ3n) is 4.89. The third-order valence-corrected chi connectivity index (χ3v) is 5.94. The zero-order valence-electron chi connectivity index (χ0n) is 14.0. The number of amides is 1. The molecule has 0 bridgehead atoms. The highest BCUT2D eigenvalue weighted by atomic mass is 32.1. The number of carbonyl (C=O) groups is 2. The Kier molecular flexibility index (Phi) is 4.24. The summed E-state index contributed by atoms with van der Waals surface area (Å²) < 4.78 is 6.88. The summed E-state index contributed by atoms with van der Waals surface area (Å²) in [5.74, 6) is 0.141. The average molecular weight is 370 g/mol. The molecule has 0 unspecified atom stereocenters. The number of furan rings is 1. The number of hydrogen-bond acceptors (Lipinski definition) is 5. The van der Waals surface area contributed by atoms with Crippen LogP contribution in [-0.2, 0) is 16.1 Å².